The fraction of sp³-hybridized carbons (Fsp3) is 0.846. The first-order valence-corrected chi connectivity index (χ1v) is 6.85. The van der Waals surface area contributed by atoms with E-state index >= 15 is 0 Å². The lowest BCUT2D eigenvalue weighted by atomic mass is 9.74. The second kappa shape index (κ2) is 6.75. The summed E-state index contributed by atoms with van der Waals surface area (Å²) in [6, 6.07) is -0.112. The predicted molar refractivity (Wildman–Crippen MR) is 72.8 cm³/mol. The van der Waals surface area contributed by atoms with E-state index in [1.807, 2.05) is 0 Å². The van der Waals surface area contributed by atoms with Crippen molar-refractivity contribution in [2.75, 3.05) is 26.2 Å². The fourth-order valence-electron chi connectivity index (χ4n) is 2.33. The van der Waals surface area contributed by atoms with E-state index in [2.05, 4.69) is 5.32 Å². The van der Waals surface area contributed by atoms with E-state index in [4.69, 9.17) is 5.73 Å². The Balaban J connectivity index is 2.54. The Morgan fingerprint density at radius 2 is 2.16 bits per heavy atom. The number of urea groups is 1. The van der Waals surface area contributed by atoms with Gasteiger partial charge >= 0.3 is 12.0 Å². The molecule has 6 heteroatoms. The van der Waals surface area contributed by atoms with Gasteiger partial charge < -0.3 is 21.1 Å². The van der Waals surface area contributed by atoms with E-state index in [1.54, 1.807) is 18.7 Å². The molecule has 0 bridgehead atoms. The lowest BCUT2D eigenvalue weighted by Gasteiger charge is -2.39. The number of carbonyl (C=O) groups excluding carboxylic acids is 1. The number of carboxylic acids is 1. The zero-order valence-electron chi connectivity index (χ0n) is 11.8. The summed E-state index contributed by atoms with van der Waals surface area (Å²) in [7, 11) is 0. The Morgan fingerprint density at radius 1 is 1.47 bits per heavy atom. The first kappa shape index (κ1) is 15.8. The summed E-state index contributed by atoms with van der Waals surface area (Å²) >= 11 is 0. The van der Waals surface area contributed by atoms with Crippen LogP contribution in [0.1, 0.15) is 33.1 Å². The van der Waals surface area contributed by atoms with Crippen molar-refractivity contribution < 1.29 is 14.7 Å². The first-order valence-electron chi connectivity index (χ1n) is 6.85. The summed E-state index contributed by atoms with van der Waals surface area (Å²) in [6.07, 6.45) is 2.46. The normalized spacial score (nSPS) is 20.2. The van der Waals surface area contributed by atoms with E-state index in [1.165, 1.54) is 0 Å². The van der Waals surface area contributed by atoms with Crippen LogP contribution in [0.5, 0.6) is 0 Å². The molecule has 1 saturated heterocycles. The van der Waals surface area contributed by atoms with Crippen molar-refractivity contribution in [3.63, 3.8) is 0 Å². The maximum atomic E-state index is 11.9. The standard InChI is InChI=1S/C13H25N3O3/c1-13(2,11(17)18)10-5-3-8-16(9-10)12(19)15-7-4-6-14/h10H,3-9,14H2,1-2H3,(H,15,19)(H,17,18). The van der Waals surface area contributed by atoms with Crippen LogP contribution in [0.2, 0.25) is 0 Å². The molecule has 0 aromatic carbocycles. The summed E-state index contributed by atoms with van der Waals surface area (Å²) in [6.45, 7) is 5.79. The van der Waals surface area contributed by atoms with Crippen LogP contribution < -0.4 is 11.1 Å². The highest BCUT2D eigenvalue weighted by molar-refractivity contribution is 5.76. The van der Waals surface area contributed by atoms with E-state index in [9.17, 15) is 14.7 Å². The minimum atomic E-state index is -0.803. The molecule has 0 radical (unpaired) electrons. The number of likely N-dealkylation sites (tertiary alicyclic amines) is 1. The first-order chi connectivity index (χ1) is 8.89. The van der Waals surface area contributed by atoms with Crippen molar-refractivity contribution in [3.8, 4) is 0 Å². The molecule has 110 valence electrons. The number of carboxylic acid groups (broad SMARTS) is 1. The summed E-state index contributed by atoms with van der Waals surface area (Å²) in [4.78, 5) is 24.9. The Labute approximate surface area is 114 Å². The summed E-state index contributed by atoms with van der Waals surface area (Å²) in [5, 5.41) is 12.1. The number of carbonyl (C=O) groups is 2. The molecule has 6 nitrogen and oxygen atoms in total. The van der Waals surface area contributed by atoms with Crippen LogP contribution >= 0.6 is 0 Å². The minimum Gasteiger partial charge on any atom is -0.481 e. The predicted octanol–water partition coefficient (Wildman–Crippen LogP) is 0.868. The second-order valence-electron chi connectivity index (χ2n) is 5.69. The number of hydrogen-bond acceptors (Lipinski definition) is 3. The van der Waals surface area contributed by atoms with Gasteiger partial charge in [0.05, 0.1) is 5.41 Å². The molecule has 1 heterocycles. The van der Waals surface area contributed by atoms with Gasteiger partial charge in [-0.2, -0.15) is 0 Å². The summed E-state index contributed by atoms with van der Waals surface area (Å²) < 4.78 is 0. The Bertz CT molecular complexity index is 331. The van der Waals surface area contributed by atoms with Crippen LogP contribution in [0, 0.1) is 11.3 Å². The van der Waals surface area contributed by atoms with Crippen molar-refractivity contribution in [3.05, 3.63) is 0 Å². The SMILES string of the molecule is CC(C)(C(=O)O)C1CCCN(C(=O)NCCCN)C1. The molecule has 0 aliphatic carbocycles. The van der Waals surface area contributed by atoms with E-state index in [-0.39, 0.29) is 11.9 Å². The molecular weight excluding hydrogens is 246 g/mol. The number of aliphatic carboxylic acids is 1. The molecule has 0 spiro atoms. The molecule has 4 N–H and O–H groups in total. The van der Waals surface area contributed by atoms with Gasteiger partial charge in [0.1, 0.15) is 0 Å². The lowest BCUT2D eigenvalue weighted by molar-refractivity contribution is -0.151. The number of amides is 2. The average molecular weight is 271 g/mol. The van der Waals surface area contributed by atoms with Gasteiger partial charge in [-0.1, -0.05) is 0 Å². The molecule has 0 saturated carbocycles. The van der Waals surface area contributed by atoms with Crippen molar-refractivity contribution >= 4 is 12.0 Å². The number of nitrogens with zero attached hydrogens (tertiary/aromatic N) is 1. The number of nitrogens with two attached hydrogens (primary N) is 1. The van der Waals surface area contributed by atoms with Crippen molar-refractivity contribution in [1.29, 1.82) is 0 Å². The molecule has 0 aromatic rings. The van der Waals surface area contributed by atoms with Gasteiger partial charge in [0.15, 0.2) is 0 Å². The molecule has 19 heavy (non-hydrogen) atoms. The van der Waals surface area contributed by atoms with Crippen molar-refractivity contribution in [2.24, 2.45) is 17.1 Å². The van der Waals surface area contributed by atoms with E-state index < -0.39 is 11.4 Å². The molecule has 1 aliphatic heterocycles. The van der Waals surface area contributed by atoms with E-state index in [0.717, 1.165) is 19.3 Å². The summed E-state index contributed by atoms with van der Waals surface area (Å²) in [5.41, 5.74) is 4.58. The highest BCUT2D eigenvalue weighted by atomic mass is 16.4. The quantitative estimate of drug-likeness (QED) is 0.646. The van der Waals surface area contributed by atoms with Crippen LogP contribution in [-0.2, 0) is 4.79 Å². The fourth-order valence-corrected chi connectivity index (χ4v) is 2.33. The van der Waals surface area contributed by atoms with Gasteiger partial charge in [-0.25, -0.2) is 4.79 Å². The van der Waals surface area contributed by atoms with Crippen molar-refractivity contribution in [2.45, 2.75) is 33.1 Å². The van der Waals surface area contributed by atoms with Gasteiger partial charge in [-0.05, 0) is 45.6 Å². The molecule has 1 unspecified atom stereocenters. The van der Waals surface area contributed by atoms with Crippen LogP contribution in [0.4, 0.5) is 4.79 Å². The Hall–Kier alpha value is -1.30. The maximum Gasteiger partial charge on any atom is 0.317 e. The van der Waals surface area contributed by atoms with Gasteiger partial charge in [-0.3, -0.25) is 4.79 Å². The van der Waals surface area contributed by atoms with Crippen LogP contribution in [0.15, 0.2) is 0 Å². The van der Waals surface area contributed by atoms with E-state index in [0.29, 0.717) is 26.2 Å². The third kappa shape index (κ3) is 4.09. The zero-order chi connectivity index (χ0) is 14.5. The molecule has 1 aliphatic rings. The molecule has 1 atom stereocenters. The second-order valence-corrected chi connectivity index (χ2v) is 5.69. The van der Waals surface area contributed by atoms with Gasteiger partial charge in [0, 0.05) is 19.6 Å². The highest BCUT2D eigenvalue weighted by Gasteiger charge is 2.39. The lowest BCUT2D eigenvalue weighted by Crippen LogP contribution is -2.50. The smallest absolute Gasteiger partial charge is 0.317 e. The third-order valence-corrected chi connectivity index (χ3v) is 3.94. The van der Waals surface area contributed by atoms with Crippen molar-refractivity contribution in [1.82, 2.24) is 10.2 Å². The molecular formula is C13H25N3O3. The topological polar surface area (TPSA) is 95.7 Å². The van der Waals surface area contributed by atoms with Crippen LogP contribution in [-0.4, -0.2) is 48.2 Å². The largest absolute Gasteiger partial charge is 0.481 e. The monoisotopic (exact) mass is 271 g/mol. The zero-order valence-corrected chi connectivity index (χ0v) is 11.8. The third-order valence-electron chi connectivity index (χ3n) is 3.94. The number of rotatable bonds is 5. The Morgan fingerprint density at radius 3 is 2.74 bits per heavy atom. The molecule has 0 aromatic heterocycles. The number of hydrogen-bond donors (Lipinski definition) is 3. The van der Waals surface area contributed by atoms with Gasteiger partial charge in [0.2, 0.25) is 0 Å². The Kier molecular flexibility index (Phi) is 5.60. The van der Waals surface area contributed by atoms with Gasteiger partial charge in [-0.15, -0.1) is 0 Å². The molecule has 1 rings (SSSR count). The summed E-state index contributed by atoms with van der Waals surface area (Å²) in [5.74, 6) is -0.804. The maximum absolute atomic E-state index is 11.9. The highest BCUT2D eigenvalue weighted by Crippen LogP contribution is 2.34. The van der Waals surface area contributed by atoms with Gasteiger partial charge in [0.25, 0.3) is 0 Å². The minimum absolute atomic E-state index is 0.000918. The molecule has 1 fully saturated rings. The van der Waals surface area contributed by atoms with Crippen LogP contribution in [0.3, 0.4) is 0 Å². The number of nitrogens with one attached hydrogen (secondary N) is 1. The molecule has 2 amide bonds. The van der Waals surface area contributed by atoms with Crippen LogP contribution in [0.25, 0.3) is 0 Å². The number of piperidine rings is 1. The average Bonchev–Trinajstić information content (AvgIpc) is 2.39.